The fraction of sp³-hybridized carbons (Fsp3) is 0.250. The fourth-order valence-electron chi connectivity index (χ4n) is 3.05. The Balaban J connectivity index is 1.90. The van der Waals surface area contributed by atoms with E-state index in [4.69, 9.17) is 0 Å². The molecule has 11 heteroatoms. The molecular weight excluding hydrogens is 433 g/mol. The minimum atomic E-state index is -4.59. The highest BCUT2D eigenvalue weighted by Gasteiger charge is 2.28. The minimum absolute atomic E-state index is 0.00874. The normalized spacial score (nSPS) is 11.7. The van der Waals surface area contributed by atoms with E-state index in [0.717, 1.165) is 12.3 Å². The van der Waals surface area contributed by atoms with E-state index in [0.29, 0.717) is 17.7 Å². The predicted molar refractivity (Wildman–Crippen MR) is 110 cm³/mol. The summed E-state index contributed by atoms with van der Waals surface area (Å²) in [4.78, 5) is 0.724. The highest BCUT2D eigenvalue weighted by Crippen LogP contribution is 2.30. The van der Waals surface area contributed by atoms with Crippen molar-refractivity contribution in [2.24, 2.45) is 0 Å². The summed E-state index contributed by atoms with van der Waals surface area (Å²) in [5, 5.41) is 6.17. The van der Waals surface area contributed by atoms with Crippen LogP contribution in [-0.2, 0) is 23.1 Å². The van der Waals surface area contributed by atoms with Gasteiger partial charge in [-0.25, -0.2) is 21.6 Å². The number of sulfonamides is 1. The van der Waals surface area contributed by atoms with Crippen molar-refractivity contribution in [2.75, 3.05) is 24.1 Å². The first-order valence-electron chi connectivity index (χ1n) is 9.17. The summed E-state index contributed by atoms with van der Waals surface area (Å²) in [6, 6.07) is 6.71. The molecule has 1 aromatic heterocycles. The smallest absolute Gasteiger partial charge is 0.269 e. The summed E-state index contributed by atoms with van der Waals surface area (Å²) in [5.41, 5.74) is 0.940. The first-order chi connectivity index (χ1) is 14.6. The molecule has 0 fully saturated rings. The van der Waals surface area contributed by atoms with Crippen LogP contribution in [0.4, 0.5) is 24.7 Å². The van der Waals surface area contributed by atoms with E-state index in [1.807, 2.05) is 23.7 Å². The Bertz CT molecular complexity index is 1180. The third-order valence-corrected chi connectivity index (χ3v) is 5.91. The molecule has 31 heavy (non-hydrogen) atoms. The van der Waals surface area contributed by atoms with Crippen LogP contribution in [0, 0.1) is 24.4 Å². The third-order valence-electron chi connectivity index (χ3n) is 4.52. The van der Waals surface area contributed by atoms with Gasteiger partial charge in [0.2, 0.25) is 0 Å². The van der Waals surface area contributed by atoms with Crippen LogP contribution < -0.4 is 10.0 Å². The molecule has 0 radical (unpaired) electrons. The second-order valence-corrected chi connectivity index (χ2v) is 8.75. The Kier molecular flexibility index (Phi) is 6.56. The molecule has 166 valence electrons. The summed E-state index contributed by atoms with van der Waals surface area (Å²) in [7, 11) is -0.921. The summed E-state index contributed by atoms with van der Waals surface area (Å²) >= 11 is 0. The van der Waals surface area contributed by atoms with Crippen LogP contribution in [0.2, 0.25) is 0 Å². The maximum atomic E-state index is 14.9. The molecule has 0 atom stereocenters. The quantitative estimate of drug-likeness (QED) is 0.537. The van der Waals surface area contributed by atoms with Gasteiger partial charge in [0.1, 0.15) is 17.9 Å². The van der Waals surface area contributed by atoms with Crippen molar-refractivity contribution in [3.63, 3.8) is 0 Å². The van der Waals surface area contributed by atoms with Gasteiger partial charge in [0.05, 0.1) is 0 Å². The zero-order valence-electron chi connectivity index (χ0n) is 17.0. The molecule has 0 unspecified atom stereocenters. The number of halogens is 3. The van der Waals surface area contributed by atoms with Gasteiger partial charge in [0.25, 0.3) is 10.0 Å². The lowest BCUT2D eigenvalue weighted by atomic mass is 10.1. The van der Waals surface area contributed by atoms with E-state index in [1.165, 1.54) is 19.1 Å². The first kappa shape index (κ1) is 22.6. The van der Waals surface area contributed by atoms with Crippen molar-refractivity contribution in [3.05, 3.63) is 70.7 Å². The number of nitrogens with zero attached hydrogens (tertiary/aromatic N) is 2. The van der Waals surface area contributed by atoms with E-state index >= 15 is 0 Å². The molecule has 0 saturated heterocycles. The minimum Gasteiger partial charge on any atom is -0.380 e. The predicted octanol–water partition coefficient (Wildman–Crippen LogP) is 3.87. The van der Waals surface area contributed by atoms with Crippen LogP contribution in [0.5, 0.6) is 0 Å². The van der Waals surface area contributed by atoms with Crippen LogP contribution in [-0.4, -0.2) is 32.6 Å². The second-order valence-electron chi connectivity index (χ2n) is 7.13. The molecule has 3 aromatic rings. The molecular formula is C20H21F3N4O3S. The molecule has 0 spiro atoms. The van der Waals surface area contributed by atoms with E-state index in [1.54, 1.807) is 12.1 Å². The molecule has 1 heterocycles. The van der Waals surface area contributed by atoms with Gasteiger partial charge in [-0.1, -0.05) is 17.3 Å². The molecule has 0 aliphatic heterocycles. The average Bonchev–Trinajstić information content (AvgIpc) is 3.16. The second kappa shape index (κ2) is 8.98. The molecule has 2 aromatic carbocycles. The van der Waals surface area contributed by atoms with Crippen LogP contribution in [0.15, 0.2) is 46.0 Å². The van der Waals surface area contributed by atoms with Gasteiger partial charge in [-0.15, -0.1) is 0 Å². The molecule has 7 nitrogen and oxygen atoms in total. The van der Waals surface area contributed by atoms with Crippen LogP contribution >= 0.6 is 0 Å². The number of aromatic nitrogens is 1. The van der Waals surface area contributed by atoms with Crippen molar-refractivity contribution < 1.29 is 26.1 Å². The Hall–Kier alpha value is -3.05. The molecule has 0 bridgehead atoms. The first-order valence-corrected chi connectivity index (χ1v) is 10.6. The van der Waals surface area contributed by atoms with Gasteiger partial charge < -0.3 is 14.7 Å². The summed E-state index contributed by atoms with van der Waals surface area (Å²) in [6.45, 7) is 1.73. The van der Waals surface area contributed by atoms with Crippen molar-refractivity contribution >= 4 is 21.5 Å². The monoisotopic (exact) mass is 454 g/mol. The van der Waals surface area contributed by atoms with Crippen molar-refractivity contribution in [3.8, 4) is 0 Å². The van der Waals surface area contributed by atoms with E-state index in [-0.39, 0.29) is 23.6 Å². The number of benzene rings is 2. The van der Waals surface area contributed by atoms with Crippen LogP contribution in [0.1, 0.15) is 16.7 Å². The summed E-state index contributed by atoms with van der Waals surface area (Å²) in [6.07, 6.45) is 1.11. The lowest BCUT2D eigenvalue weighted by molar-refractivity contribution is 0.399. The SMILES string of the molecule is Cc1c(NCc2c(F)cccc2CN(C)C)cc(F)c(S(=O)(=O)Nc2ccon2)c1F. The Morgan fingerprint density at radius 2 is 1.87 bits per heavy atom. The van der Waals surface area contributed by atoms with Crippen molar-refractivity contribution in [1.29, 1.82) is 0 Å². The van der Waals surface area contributed by atoms with Gasteiger partial charge in [-0.2, -0.15) is 0 Å². The third kappa shape index (κ3) is 5.00. The van der Waals surface area contributed by atoms with Gasteiger partial charge in [-0.05, 0) is 38.7 Å². The van der Waals surface area contributed by atoms with Gasteiger partial charge in [-0.3, -0.25) is 4.72 Å². The largest absolute Gasteiger partial charge is 0.380 e. The standard InChI is InChI=1S/C20H21F3N4O3S/c1-12-17(24-10-14-13(11-27(2)3)5-4-6-15(14)21)9-16(22)20(19(12)23)31(28,29)26-18-7-8-30-25-18/h4-9,24H,10-11H2,1-3H3,(H,25,26). The lowest BCUT2D eigenvalue weighted by Crippen LogP contribution is -2.18. The number of hydrogen-bond acceptors (Lipinski definition) is 6. The number of hydrogen-bond donors (Lipinski definition) is 2. The zero-order chi connectivity index (χ0) is 22.8. The maximum absolute atomic E-state index is 14.9. The fourth-order valence-corrected chi connectivity index (χ4v) is 4.24. The van der Waals surface area contributed by atoms with Crippen molar-refractivity contribution in [1.82, 2.24) is 10.1 Å². The number of anilines is 2. The molecule has 0 saturated carbocycles. The Labute approximate surface area is 177 Å². The lowest BCUT2D eigenvalue weighted by Gasteiger charge is -2.18. The summed E-state index contributed by atoms with van der Waals surface area (Å²) in [5.74, 6) is -3.24. The van der Waals surface area contributed by atoms with E-state index in [9.17, 15) is 21.6 Å². The van der Waals surface area contributed by atoms with E-state index < -0.39 is 32.4 Å². The molecule has 0 aliphatic carbocycles. The summed E-state index contributed by atoms with van der Waals surface area (Å²) < 4.78 is 75.2. The van der Waals surface area contributed by atoms with Gasteiger partial charge in [0, 0.05) is 36.0 Å². The highest BCUT2D eigenvalue weighted by molar-refractivity contribution is 7.92. The molecule has 3 rings (SSSR count). The topological polar surface area (TPSA) is 87.5 Å². The Morgan fingerprint density at radius 1 is 1.13 bits per heavy atom. The van der Waals surface area contributed by atoms with Crippen LogP contribution in [0.25, 0.3) is 0 Å². The van der Waals surface area contributed by atoms with Gasteiger partial charge >= 0.3 is 0 Å². The van der Waals surface area contributed by atoms with Crippen molar-refractivity contribution in [2.45, 2.75) is 24.9 Å². The molecule has 0 amide bonds. The van der Waals surface area contributed by atoms with Gasteiger partial charge in [0.15, 0.2) is 16.5 Å². The van der Waals surface area contributed by atoms with Crippen LogP contribution in [0.3, 0.4) is 0 Å². The average molecular weight is 454 g/mol. The number of nitrogens with one attached hydrogen (secondary N) is 2. The van der Waals surface area contributed by atoms with E-state index in [2.05, 4.69) is 15.0 Å². The molecule has 0 aliphatic rings. The Morgan fingerprint density at radius 3 is 2.52 bits per heavy atom. The number of rotatable bonds is 8. The highest BCUT2D eigenvalue weighted by atomic mass is 32.2. The maximum Gasteiger partial charge on any atom is 0.269 e. The zero-order valence-corrected chi connectivity index (χ0v) is 17.9. The molecule has 2 N–H and O–H groups in total.